The van der Waals surface area contributed by atoms with E-state index in [4.69, 9.17) is 5.73 Å². The summed E-state index contributed by atoms with van der Waals surface area (Å²) in [4.78, 5) is 16.3. The monoisotopic (exact) mass is 226 g/mol. The van der Waals surface area contributed by atoms with Gasteiger partial charge in [0.2, 0.25) is 0 Å². The molecule has 0 spiro atoms. The molecule has 1 atom stereocenters. The summed E-state index contributed by atoms with van der Waals surface area (Å²) >= 11 is 1.54. The number of rotatable bonds is 5. The Kier molecular flexibility index (Phi) is 3.99. The van der Waals surface area contributed by atoms with Gasteiger partial charge in [-0.2, -0.15) is 0 Å². The Morgan fingerprint density at radius 1 is 1.67 bits per heavy atom. The minimum Gasteiger partial charge on any atom is -0.329 e. The quantitative estimate of drug-likeness (QED) is 0.834. The third-order valence-electron chi connectivity index (χ3n) is 2.88. The van der Waals surface area contributed by atoms with Crippen molar-refractivity contribution in [3.05, 3.63) is 16.1 Å². The number of carbonyl (C=O) groups excluding carboxylic acids is 1. The van der Waals surface area contributed by atoms with Gasteiger partial charge in [-0.05, 0) is 13.3 Å². The summed E-state index contributed by atoms with van der Waals surface area (Å²) in [7, 11) is 0. The van der Waals surface area contributed by atoms with Crippen molar-refractivity contribution in [2.75, 3.05) is 6.54 Å². The lowest BCUT2D eigenvalue weighted by molar-refractivity contribution is -0.126. The van der Waals surface area contributed by atoms with Crippen molar-refractivity contribution in [3.63, 3.8) is 0 Å². The summed E-state index contributed by atoms with van der Waals surface area (Å²) in [5.41, 5.74) is 6.23. The number of ketones is 1. The average Bonchev–Trinajstić information content (AvgIpc) is 2.62. The molecule has 1 aromatic heterocycles. The van der Waals surface area contributed by atoms with Crippen LogP contribution < -0.4 is 5.73 Å². The van der Waals surface area contributed by atoms with Crippen molar-refractivity contribution >= 4 is 17.1 Å². The predicted octanol–water partition coefficient (Wildman–Crippen LogP) is 1.94. The second-order valence-electron chi connectivity index (χ2n) is 4.10. The van der Waals surface area contributed by atoms with Crippen LogP contribution in [0.25, 0.3) is 0 Å². The van der Waals surface area contributed by atoms with Gasteiger partial charge in [-0.3, -0.25) is 4.79 Å². The topological polar surface area (TPSA) is 56.0 Å². The molecule has 3 nitrogen and oxygen atoms in total. The van der Waals surface area contributed by atoms with Crippen LogP contribution in [-0.2, 0) is 11.2 Å². The molecule has 0 aromatic carbocycles. The Balaban J connectivity index is 2.70. The third-order valence-corrected chi connectivity index (χ3v) is 3.85. The summed E-state index contributed by atoms with van der Waals surface area (Å²) in [6.07, 6.45) is 1.20. The molecule has 0 aliphatic rings. The van der Waals surface area contributed by atoms with E-state index < -0.39 is 0 Å². The molecule has 84 valence electrons. The first-order chi connectivity index (χ1) is 7.01. The lowest BCUT2D eigenvalue weighted by atomic mass is 9.82. The molecule has 0 amide bonds. The van der Waals surface area contributed by atoms with Crippen LogP contribution in [0.4, 0.5) is 0 Å². The van der Waals surface area contributed by atoms with E-state index in [9.17, 15) is 4.79 Å². The van der Waals surface area contributed by atoms with Crippen LogP contribution in [0, 0.1) is 12.3 Å². The van der Waals surface area contributed by atoms with Crippen LogP contribution in [0.1, 0.15) is 31.0 Å². The van der Waals surface area contributed by atoms with Gasteiger partial charge in [0.15, 0.2) is 0 Å². The smallest absolute Gasteiger partial charge is 0.146 e. The van der Waals surface area contributed by atoms with E-state index in [1.807, 2.05) is 26.2 Å². The van der Waals surface area contributed by atoms with Crippen LogP contribution in [0.3, 0.4) is 0 Å². The summed E-state index contributed by atoms with van der Waals surface area (Å²) in [6, 6.07) is 0. The van der Waals surface area contributed by atoms with Gasteiger partial charge < -0.3 is 5.73 Å². The summed E-state index contributed by atoms with van der Waals surface area (Å²) in [6.45, 7) is 6.27. The fourth-order valence-electron chi connectivity index (χ4n) is 1.29. The molecule has 1 rings (SSSR count). The lowest BCUT2D eigenvalue weighted by Gasteiger charge is -2.23. The predicted molar refractivity (Wildman–Crippen MR) is 63.0 cm³/mol. The Morgan fingerprint density at radius 2 is 2.33 bits per heavy atom. The summed E-state index contributed by atoms with van der Waals surface area (Å²) < 4.78 is 0. The van der Waals surface area contributed by atoms with E-state index >= 15 is 0 Å². The molecule has 4 heteroatoms. The molecule has 0 bridgehead atoms. The maximum absolute atomic E-state index is 12.0. The molecule has 0 radical (unpaired) electrons. The number of thiazole rings is 1. The molecule has 0 saturated carbocycles. The molecule has 1 unspecified atom stereocenters. The van der Waals surface area contributed by atoms with E-state index in [1.54, 1.807) is 11.3 Å². The standard InChI is InChI=1S/C11H18N2OS/c1-4-11(3,7-12)9(14)5-10-13-8(2)6-15-10/h6H,4-5,7,12H2,1-3H3. The van der Waals surface area contributed by atoms with Gasteiger partial charge >= 0.3 is 0 Å². The largest absolute Gasteiger partial charge is 0.329 e. The highest BCUT2D eigenvalue weighted by atomic mass is 32.1. The third kappa shape index (κ3) is 2.86. The van der Waals surface area contributed by atoms with E-state index in [1.165, 1.54) is 0 Å². The Morgan fingerprint density at radius 3 is 2.73 bits per heavy atom. The highest BCUT2D eigenvalue weighted by molar-refractivity contribution is 7.09. The van der Waals surface area contributed by atoms with E-state index in [0.29, 0.717) is 13.0 Å². The molecular formula is C11H18N2OS. The number of carbonyl (C=O) groups is 1. The first-order valence-corrected chi connectivity index (χ1v) is 6.04. The van der Waals surface area contributed by atoms with Crippen LogP contribution in [0.5, 0.6) is 0 Å². The maximum atomic E-state index is 12.0. The molecule has 0 fully saturated rings. The fraction of sp³-hybridized carbons (Fsp3) is 0.636. The number of nitrogens with zero attached hydrogens (tertiary/aromatic N) is 1. The van der Waals surface area contributed by atoms with Crippen LogP contribution in [0.2, 0.25) is 0 Å². The highest BCUT2D eigenvalue weighted by Crippen LogP contribution is 2.23. The molecule has 0 saturated heterocycles. The number of nitrogens with two attached hydrogens (primary N) is 1. The first kappa shape index (κ1) is 12.3. The van der Waals surface area contributed by atoms with Crippen LogP contribution in [-0.4, -0.2) is 17.3 Å². The van der Waals surface area contributed by atoms with Crippen molar-refractivity contribution in [1.82, 2.24) is 4.98 Å². The Bertz CT molecular complexity index is 342. The van der Waals surface area contributed by atoms with Gasteiger partial charge in [0.05, 0.1) is 6.42 Å². The van der Waals surface area contributed by atoms with Gasteiger partial charge in [0.25, 0.3) is 0 Å². The van der Waals surface area contributed by atoms with E-state index in [2.05, 4.69) is 4.98 Å². The van der Waals surface area contributed by atoms with E-state index in [0.717, 1.165) is 17.1 Å². The van der Waals surface area contributed by atoms with Crippen molar-refractivity contribution in [2.45, 2.75) is 33.6 Å². The summed E-state index contributed by atoms with van der Waals surface area (Å²) in [5, 5.41) is 2.86. The zero-order chi connectivity index (χ0) is 11.5. The highest BCUT2D eigenvalue weighted by Gasteiger charge is 2.29. The van der Waals surface area contributed by atoms with Gasteiger partial charge in [-0.1, -0.05) is 13.8 Å². The van der Waals surface area contributed by atoms with Gasteiger partial charge in [0.1, 0.15) is 10.8 Å². The van der Waals surface area contributed by atoms with E-state index in [-0.39, 0.29) is 11.2 Å². The first-order valence-electron chi connectivity index (χ1n) is 5.16. The fourth-order valence-corrected chi connectivity index (χ4v) is 2.06. The van der Waals surface area contributed by atoms with Crippen LogP contribution >= 0.6 is 11.3 Å². The Labute approximate surface area is 94.7 Å². The second kappa shape index (κ2) is 4.86. The molecule has 0 aliphatic carbocycles. The van der Waals surface area contributed by atoms with Gasteiger partial charge in [-0.25, -0.2) is 4.98 Å². The average molecular weight is 226 g/mol. The maximum Gasteiger partial charge on any atom is 0.146 e. The second-order valence-corrected chi connectivity index (χ2v) is 5.04. The number of hydrogen-bond acceptors (Lipinski definition) is 4. The van der Waals surface area contributed by atoms with Crippen molar-refractivity contribution < 1.29 is 4.79 Å². The molecular weight excluding hydrogens is 208 g/mol. The molecule has 1 aromatic rings. The van der Waals surface area contributed by atoms with Crippen molar-refractivity contribution in [1.29, 1.82) is 0 Å². The van der Waals surface area contributed by atoms with Crippen molar-refractivity contribution in [3.8, 4) is 0 Å². The Hall–Kier alpha value is -0.740. The number of hydrogen-bond donors (Lipinski definition) is 1. The number of Topliss-reactive ketones (excluding diaryl/α,β-unsaturated/α-hetero) is 1. The van der Waals surface area contributed by atoms with Crippen molar-refractivity contribution in [2.24, 2.45) is 11.1 Å². The van der Waals surface area contributed by atoms with Gasteiger partial charge in [0, 0.05) is 23.0 Å². The minimum absolute atomic E-state index is 0.196. The SMILES string of the molecule is CCC(C)(CN)C(=O)Cc1nc(C)cs1. The minimum atomic E-state index is -0.389. The lowest BCUT2D eigenvalue weighted by Crippen LogP contribution is -2.36. The number of aryl methyl sites for hydroxylation is 1. The molecule has 15 heavy (non-hydrogen) atoms. The molecule has 1 heterocycles. The summed E-state index contributed by atoms with van der Waals surface area (Å²) in [5.74, 6) is 0.196. The zero-order valence-electron chi connectivity index (χ0n) is 9.54. The van der Waals surface area contributed by atoms with Gasteiger partial charge in [-0.15, -0.1) is 11.3 Å². The zero-order valence-corrected chi connectivity index (χ0v) is 10.4. The van der Waals surface area contributed by atoms with Crippen LogP contribution in [0.15, 0.2) is 5.38 Å². The molecule has 2 N–H and O–H groups in total. The number of aromatic nitrogens is 1. The normalized spacial score (nSPS) is 14.9. The molecule has 0 aliphatic heterocycles.